The van der Waals surface area contributed by atoms with Crippen molar-refractivity contribution in [1.29, 1.82) is 0 Å². The van der Waals surface area contributed by atoms with Gasteiger partial charge in [0, 0.05) is 10.6 Å². The second kappa shape index (κ2) is 6.56. The Kier molecular flexibility index (Phi) is 5.21. The Morgan fingerprint density at radius 2 is 1.00 bits per heavy atom. The van der Waals surface area contributed by atoms with Crippen LogP contribution in [0.5, 0.6) is 0 Å². The first-order valence-corrected chi connectivity index (χ1v) is 9.50. The molecule has 2 rings (SSSR count). The SMILES string of the molecule is O=P(CBr)(c1ccc(C(F)(F)F)cc1)c1ccc(C(F)(F)F)cc1. The van der Waals surface area contributed by atoms with Crippen molar-refractivity contribution in [3.8, 4) is 0 Å². The van der Waals surface area contributed by atoms with E-state index in [1.807, 2.05) is 0 Å². The number of rotatable bonds is 3. The molecule has 0 unspecified atom stereocenters. The van der Waals surface area contributed by atoms with Crippen molar-refractivity contribution in [2.45, 2.75) is 12.4 Å². The molecule has 1 nitrogen and oxygen atoms in total. The highest BCUT2D eigenvalue weighted by Gasteiger charge is 2.33. The minimum Gasteiger partial charge on any atom is -0.313 e. The molecule has 0 amide bonds. The van der Waals surface area contributed by atoms with E-state index < -0.39 is 30.6 Å². The molecule has 0 aromatic heterocycles. The summed E-state index contributed by atoms with van der Waals surface area (Å²) in [7, 11) is -3.37. The van der Waals surface area contributed by atoms with Crippen LogP contribution in [0.1, 0.15) is 11.1 Å². The van der Waals surface area contributed by atoms with E-state index in [0.717, 1.165) is 48.5 Å². The molecule has 0 aliphatic heterocycles. The molecule has 0 radical (unpaired) electrons. The fourth-order valence-corrected chi connectivity index (χ4v) is 5.64. The Morgan fingerprint density at radius 3 is 1.21 bits per heavy atom. The Balaban J connectivity index is 2.43. The third-order valence-electron chi connectivity index (χ3n) is 3.39. The van der Waals surface area contributed by atoms with E-state index in [4.69, 9.17) is 0 Å². The Bertz CT molecular complexity index is 688. The summed E-state index contributed by atoms with van der Waals surface area (Å²) in [5.41, 5.74) is -1.78. The largest absolute Gasteiger partial charge is 0.416 e. The molecule has 0 saturated carbocycles. The van der Waals surface area contributed by atoms with Gasteiger partial charge in [-0.1, -0.05) is 40.2 Å². The molecule has 2 aromatic rings. The fraction of sp³-hybridized carbons (Fsp3) is 0.200. The van der Waals surface area contributed by atoms with Gasteiger partial charge in [-0.15, -0.1) is 0 Å². The van der Waals surface area contributed by atoms with E-state index in [0.29, 0.717) is 0 Å². The first-order valence-electron chi connectivity index (χ1n) is 6.49. The standard InChI is InChI=1S/C15H10BrF6OP/c16-9-24(23,12-5-1-10(2-6-12)14(17,18)19)13-7-3-11(4-8-13)15(20,21)22/h1-8H,9H2. The molecule has 9 heteroatoms. The van der Waals surface area contributed by atoms with Crippen molar-refractivity contribution in [2.75, 3.05) is 5.07 Å². The maximum atomic E-state index is 13.1. The minimum absolute atomic E-state index is 0.100. The first-order chi connectivity index (χ1) is 11.0. The van der Waals surface area contributed by atoms with Crippen LogP contribution in [0, 0.1) is 0 Å². The minimum atomic E-state index is -4.52. The van der Waals surface area contributed by atoms with Crippen LogP contribution in [-0.2, 0) is 16.9 Å². The summed E-state index contributed by atoms with van der Waals surface area (Å²) in [5, 5.41) is 0.163. The second-order valence-electron chi connectivity index (χ2n) is 4.95. The van der Waals surface area contributed by atoms with Gasteiger partial charge in [0.15, 0.2) is 7.14 Å². The van der Waals surface area contributed by atoms with Crippen molar-refractivity contribution in [2.24, 2.45) is 0 Å². The molecule has 0 bridgehead atoms. The van der Waals surface area contributed by atoms with Crippen LogP contribution in [0.4, 0.5) is 26.3 Å². The van der Waals surface area contributed by atoms with Gasteiger partial charge in [0.1, 0.15) is 0 Å². The fourth-order valence-electron chi connectivity index (χ4n) is 2.07. The summed E-state index contributed by atoms with van der Waals surface area (Å²) >= 11 is 3.05. The van der Waals surface area contributed by atoms with E-state index in [1.54, 1.807) is 0 Å². The Morgan fingerprint density at radius 1 is 0.708 bits per heavy atom. The van der Waals surface area contributed by atoms with Gasteiger partial charge >= 0.3 is 12.4 Å². The summed E-state index contributed by atoms with van der Waals surface area (Å²) in [6, 6.07) is 7.54. The molecule has 0 aliphatic rings. The molecule has 0 N–H and O–H groups in total. The summed E-state index contributed by atoms with van der Waals surface area (Å²) in [5.74, 6) is 0. The highest BCUT2D eigenvalue weighted by Crippen LogP contribution is 2.45. The predicted molar refractivity (Wildman–Crippen MR) is 83.6 cm³/mol. The van der Waals surface area contributed by atoms with Crippen LogP contribution in [0.25, 0.3) is 0 Å². The monoisotopic (exact) mass is 430 g/mol. The van der Waals surface area contributed by atoms with Crippen LogP contribution < -0.4 is 10.6 Å². The molecular weight excluding hydrogens is 421 g/mol. The van der Waals surface area contributed by atoms with E-state index in [9.17, 15) is 30.9 Å². The average Bonchev–Trinajstić information content (AvgIpc) is 2.53. The van der Waals surface area contributed by atoms with Crippen molar-refractivity contribution in [1.82, 2.24) is 0 Å². The molecule has 0 spiro atoms. The van der Waals surface area contributed by atoms with Gasteiger partial charge in [0.2, 0.25) is 0 Å². The van der Waals surface area contributed by atoms with Crippen molar-refractivity contribution in [3.63, 3.8) is 0 Å². The maximum Gasteiger partial charge on any atom is 0.416 e. The second-order valence-corrected chi connectivity index (χ2v) is 9.20. The Hall–Kier alpha value is -1.27. The molecule has 0 heterocycles. The molecule has 2 aromatic carbocycles. The number of hydrogen-bond donors (Lipinski definition) is 0. The summed E-state index contributed by atoms with van der Waals surface area (Å²) < 4.78 is 88.7. The van der Waals surface area contributed by atoms with Gasteiger partial charge < -0.3 is 4.57 Å². The van der Waals surface area contributed by atoms with Crippen LogP contribution in [0.15, 0.2) is 48.5 Å². The summed E-state index contributed by atoms with van der Waals surface area (Å²) in [6.45, 7) is 0. The maximum absolute atomic E-state index is 13.1. The number of benzene rings is 2. The van der Waals surface area contributed by atoms with E-state index >= 15 is 0 Å². The lowest BCUT2D eigenvalue weighted by Gasteiger charge is -2.18. The molecule has 0 fully saturated rings. The van der Waals surface area contributed by atoms with Crippen LogP contribution in [0.3, 0.4) is 0 Å². The normalized spacial score (nSPS) is 13.1. The molecule has 130 valence electrons. The van der Waals surface area contributed by atoms with Crippen LogP contribution in [-0.4, -0.2) is 5.07 Å². The third kappa shape index (κ3) is 3.86. The molecule has 24 heavy (non-hydrogen) atoms. The topological polar surface area (TPSA) is 17.1 Å². The highest BCUT2D eigenvalue weighted by molar-refractivity contribution is 9.10. The third-order valence-corrected chi connectivity index (χ3v) is 8.11. The molecular formula is C15H10BrF6OP. The number of alkyl halides is 7. The number of halogens is 7. The van der Waals surface area contributed by atoms with Gasteiger partial charge in [-0.25, -0.2) is 0 Å². The van der Waals surface area contributed by atoms with Gasteiger partial charge in [0.25, 0.3) is 0 Å². The molecule has 0 saturated heterocycles. The number of hydrogen-bond acceptors (Lipinski definition) is 1. The zero-order chi connectivity index (χ0) is 18.2. The molecule has 0 atom stereocenters. The van der Waals surface area contributed by atoms with E-state index in [-0.39, 0.29) is 15.7 Å². The van der Waals surface area contributed by atoms with Crippen LogP contribution in [0.2, 0.25) is 0 Å². The van der Waals surface area contributed by atoms with Gasteiger partial charge in [-0.2, -0.15) is 26.3 Å². The van der Waals surface area contributed by atoms with Gasteiger partial charge in [-0.3, -0.25) is 0 Å². The first kappa shape index (κ1) is 19.1. The van der Waals surface area contributed by atoms with Crippen LogP contribution >= 0.6 is 23.1 Å². The van der Waals surface area contributed by atoms with Crippen molar-refractivity contribution >= 4 is 33.7 Å². The lowest BCUT2D eigenvalue weighted by Crippen LogP contribution is -2.18. The summed E-state index contributed by atoms with van der Waals surface area (Å²) in [6.07, 6.45) is -9.05. The zero-order valence-electron chi connectivity index (χ0n) is 11.8. The summed E-state index contributed by atoms with van der Waals surface area (Å²) in [4.78, 5) is 0. The predicted octanol–water partition coefficient (Wildman–Crippen LogP) is 5.39. The smallest absolute Gasteiger partial charge is 0.313 e. The van der Waals surface area contributed by atoms with E-state index in [2.05, 4.69) is 15.9 Å². The lowest BCUT2D eigenvalue weighted by atomic mass is 10.2. The highest BCUT2D eigenvalue weighted by atomic mass is 79.9. The van der Waals surface area contributed by atoms with E-state index in [1.165, 1.54) is 0 Å². The average molecular weight is 431 g/mol. The van der Waals surface area contributed by atoms with Gasteiger partial charge in [0.05, 0.1) is 16.2 Å². The van der Waals surface area contributed by atoms with Crippen molar-refractivity contribution in [3.05, 3.63) is 59.7 Å². The lowest BCUT2D eigenvalue weighted by molar-refractivity contribution is -0.138. The zero-order valence-corrected chi connectivity index (χ0v) is 14.3. The van der Waals surface area contributed by atoms with Gasteiger partial charge in [-0.05, 0) is 24.3 Å². The quantitative estimate of drug-likeness (QED) is 0.362. The Labute approximate surface area is 142 Å². The molecule has 0 aliphatic carbocycles. The van der Waals surface area contributed by atoms with Crippen molar-refractivity contribution < 1.29 is 30.9 Å².